The van der Waals surface area contributed by atoms with Crippen molar-refractivity contribution in [3.05, 3.63) is 17.5 Å². The summed E-state index contributed by atoms with van der Waals surface area (Å²) in [5.41, 5.74) is 0. The van der Waals surface area contributed by atoms with Crippen LogP contribution in [0, 0.1) is 11.8 Å². The SMILES string of the molecule is CC1CC1CNc1nccnc1Cl. The number of aromatic nitrogens is 2. The van der Waals surface area contributed by atoms with Crippen LogP contribution in [0.3, 0.4) is 0 Å². The number of hydrogen-bond acceptors (Lipinski definition) is 3. The first-order valence-electron chi connectivity index (χ1n) is 4.47. The minimum absolute atomic E-state index is 0.454. The van der Waals surface area contributed by atoms with E-state index in [1.807, 2.05) is 0 Å². The summed E-state index contributed by atoms with van der Waals surface area (Å²) in [7, 11) is 0. The third-order valence-corrected chi connectivity index (χ3v) is 2.74. The van der Waals surface area contributed by atoms with Crippen molar-refractivity contribution in [2.75, 3.05) is 11.9 Å². The van der Waals surface area contributed by atoms with Gasteiger partial charge in [0.15, 0.2) is 11.0 Å². The summed E-state index contributed by atoms with van der Waals surface area (Å²) in [6.07, 6.45) is 4.54. The lowest BCUT2D eigenvalue weighted by molar-refractivity contribution is 0.784. The Kier molecular flexibility index (Phi) is 2.36. The summed E-state index contributed by atoms with van der Waals surface area (Å²) in [6, 6.07) is 0. The maximum Gasteiger partial charge on any atom is 0.171 e. The molecule has 1 aliphatic carbocycles. The van der Waals surface area contributed by atoms with Crippen LogP contribution >= 0.6 is 11.6 Å². The van der Waals surface area contributed by atoms with Gasteiger partial charge in [-0.1, -0.05) is 18.5 Å². The van der Waals surface area contributed by atoms with Gasteiger partial charge in [-0.05, 0) is 18.3 Å². The van der Waals surface area contributed by atoms with Gasteiger partial charge in [0.05, 0.1) is 0 Å². The molecule has 1 aliphatic rings. The molecular weight excluding hydrogens is 186 g/mol. The molecule has 0 amide bonds. The topological polar surface area (TPSA) is 37.8 Å². The molecular formula is C9H12ClN3. The largest absolute Gasteiger partial charge is 0.367 e. The molecule has 1 N–H and O–H groups in total. The molecule has 1 heterocycles. The fourth-order valence-corrected chi connectivity index (χ4v) is 1.52. The van der Waals surface area contributed by atoms with Gasteiger partial charge < -0.3 is 5.32 Å². The second kappa shape index (κ2) is 3.50. The van der Waals surface area contributed by atoms with Crippen molar-refractivity contribution in [2.24, 2.45) is 11.8 Å². The fraction of sp³-hybridized carbons (Fsp3) is 0.556. The first-order valence-corrected chi connectivity index (χ1v) is 4.85. The molecule has 1 aromatic heterocycles. The van der Waals surface area contributed by atoms with Gasteiger partial charge >= 0.3 is 0 Å². The molecule has 0 bridgehead atoms. The first kappa shape index (κ1) is 8.75. The van der Waals surface area contributed by atoms with Crippen LogP contribution in [0.5, 0.6) is 0 Å². The number of rotatable bonds is 3. The number of nitrogens with one attached hydrogen (secondary N) is 1. The molecule has 2 unspecified atom stereocenters. The molecule has 4 heteroatoms. The van der Waals surface area contributed by atoms with E-state index in [0.717, 1.165) is 18.4 Å². The maximum atomic E-state index is 5.83. The van der Waals surface area contributed by atoms with Crippen molar-refractivity contribution >= 4 is 17.4 Å². The second-order valence-electron chi connectivity index (χ2n) is 3.55. The zero-order valence-corrected chi connectivity index (χ0v) is 8.25. The van der Waals surface area contributed by atoms with Crippen LogP contribution in [0.1, 0.15) is 13.3 Å². The molecule has 1 fully saturated rings. The fourth-order valence-electron chi connectivity index (χ4n) is 1.35. The van der Waals surface area contributed by atoms with Crippen molar-refractivity contribution in [1.82, 2.24) is 9.97 Å². The van der Waals surface area contributed by atoms with E-state index in [1.165, 1.54) is 6.42 Å². The lowest BCUT2D eigenvalue weighted by Gasteiger charge is -2.04. The molecule has 0 aromatic carbocycles. The molecule has 0 saturated heterocycles. The van der Waals surface area contributed by atoms with E-state index in [4.69, 9.17) is 11.6 Å². The van der Waals surface area contributed by atoms with Crippen molar-refractivity contribution in [1.29, 1.82) is 0 Å². The lowest BCUT2D eigenvalue weighted by atomic mass is 10.3. The zero-order valence-electron chi connectivity index (χ0n) is 7.50. The average molecular weight is 198 g/mol. The van der Waals surface area contributed by atoms with E-state index in [-0.39, 0.29) is 0 Å². The Balaban J connectivity index is 1.90. The van der Waals surface area contributed by atoms with E-state index >= 15 is 0 Å². The summed E-state index contributed by atoms with van der Waals surface area (Å²) in [6.45, 7) is 3.21. The van der Waals surface area contributed by atoms with Crippen molar-refractivity contribution in [2.45, 2.75) is 13.3 Å². The van der Waals surface area contributed by atoms with Gasteiger partial charge in [0, 0.05) is 18.9 Å². The number of anilines is 1. The highest BCUT2D eigenvalue weighted by Crippen LogP contribution is 2.37. The van der Waals surface area contributed by atoms with Crippen LogP contribution in [0.15, 0.2) is 12.4 Å². The predicted octanol–water partition coefficient (Wildman–Crippen LogP) is 2.20. The molecule has 13 heavy (non-hydrogen) atoms. The third kappa shape index (κ3) is 2.10. The Hall–Kier alpha value is -0.830. The molecule has 3 nitrogen and oxygen atoms in total. The Morgan fingerprint density at radius 3 is 2.85 bits per heavy atom. The summed E-state index contributed by atoms with van der Waals surface area (Å²) in [5, 5.41) is 3.65. The van der Waals surface area contributed by atoms with Crippen LogP contribution in [-0.4, -0.2) is 16.5 Å². The molecule has 70 valence electrons. The molecule has 0 spiro atoms. The van der Waals surface area contributed by atoms with E-state index in [9.17, 15) is 0 Å². The molecule has 1 aromatic rings. The quantitative estimate of drug-likeness (QED) is 0.808. The van der Waals surface area contributed by atoms with Crippen LogP contribution < -0.4 is 5.32 Å². The smallest absolute Gasteiger partial charge is 0.171 e. The second-order valence-corrected chi connectivity index (χ2v) is 3.91. The normalized spacial score (nSPS) is 25.7. The van der Waals surface area contributed by atoms with Gasteiger partial charge in [-0.2, -0.15) is 0 Å². The van der Waals surface area contributed by atoms with Gasteiger partial charge in [0.1, 0.15) is 0 Å². The van der Waals surface area contributed by atoms with E-state index in [2.05, 4.69) is 22.2 Å². The highest BCUT2D eigenvalue weighted by Gasteiger charge is 2.32. The zero-order chi connectivity index (χ0) is 9.26. The molecule has 2 rings (SSSR count). The minimum Gasteiger partial charge on any atom is -0.367 e. The van der Waals surface area contributed by atoms with Crippen molar-refractivity contribution < 1.29 is 0 Å². The summed E-state index contributed by atoms with van der Waals surface area (Å²) < 4.78 is 0. The van der Waals surface area contributed by atoms with Crippen LogP contribution in [-0.2, 0) is 0 Å². The van der Waals surface area contributed by atoms with E-state index in [0.29, 0.717) is 11.0 Å². The van der Waals surface area contributed by atoms with Gasteiger partial charge in [0.25, 0.3) is 0 Å². The minimum atomic E-state index is 0.454. The monoisotopic (exact) mass is 197 g/mol. The van der Waals surface area contributed by atoms with Gasteiger partial charge in [-0.25, -0.2) is 9.97 Å². The third-order valence-electron chi connectivity index (χ3n) is 2.46. The van der Waals surface area contributed by atoms with Gasteiger partial charge in [0.2, 0.25) is 0 Å². The molecule has 0 radical (unpaired) electrons. The van der Waals surface area contributed by atoms with Crippen LogP contribution in [0.25, 0.3) is 0 Å². The van der Waals surface area contributed by atoms with Crippen LogP contribution in [0.4, 0.5) is 5.82 Å². The Morgan fingerprint density at radius 2 is 2.23 bits per heavy atom. The van der Waals surface area contributed by atoms with E-state index < -0.39 is 0 Å². The van der Waals surface area contributed by atoms with Crippen molar-refractivity contribution in [3.8, 4) is 0 Å². The Morgan fingerprint density at radius 1 is 1.54 bits per heavy atom. The lowest BCUT2D eigenvalue weighted by Crippen LogP contribution is -2.06. The standard InChI is InChI=1S/C9H12ClN3/c1-6-4-7(6)5-13-9-8(10)11-2-3-12-9/h2-3,6-7H,4-5H2,1H3,(H,12,13). The molecule has 2 atom stereocenters. The van der Waals surface area contributed by atoms with Gasteiger partial charge in [-0.3, -0.25) is 0 Å². The maximum absolute atomic E-state index is 5.83. The summed E-state index contributed by atoms with van der Waals surface area (Å²) in [5.74, 6) is 2.34. The molecule has 1 saturated carbocycles. The number of hydrogen-bond donors (Lipinski definition) is 1. The predicted molar refractivity (Wildman–Crippen MR) is 52.8 cm³/mol. The highest BCUT2D eigenvalue weighted by molar-refractivity contribution is 6.31. The first-order chi connectivity index (χ1) is 6.27. The Bertz CT molecular complexity index is 303. The number of nitrogens with zero attached hydrogens (tertiary/aromatic N) is 2. The summed E-state index contributed by atoms with van der Waals surface area (Å²) >= 11 is 5.83. The van der Waals surface area contributed by atoms with Crippen molar-refractivity contribution in [3.63, 3.8) is 0 Å². The van der Waals surface area contributed by atoms with Gasteiger partial charge in [-0.15, -0.1) is 0 Å². The molecule has 0 aliphatic heterocycles. The highest BCUT2D eigenvalue weighted by atomic mass is 35.5. The summed E-state index contributed by atoms with van der Waals surface area (Å²) in [4.78, 5) is 8.03. The number of halogens is 1. The average Bonchev–Trinajstić information content (AvgIpc) is 2.81. The Labute approximate surface area is 82.5 Å². The van der Waals surface area contributed by atoms with Crippen LogP contribution in [0.2, 0.25) is 5.15 Å². The van der Waals surface area contributed by atoms with E-state index in [1.54, 1.807) is 12.4 Å².